The van der Waals surface area contributed by atoms with Crippen LogP contribution in [0.4, 0.5) is 0 Å². The van der Waals surface area contributed by atoms with Gasteiger partial charge >= 0.3 is 0 Å². The Morgan fingerprint density at radius 3 is 2.63 bits per heavy atom. The van der Waals surface area contributed by atoms with Crippen LogP contribution in [-0.4, -0.2) is 30.6 Å². The molecule has 0 bridgehead atoms. The lowest BCUT2D eigenvalue weighted by atomic mass is 10.1. The molecule has 2 rings (SSSR count). The molecule has 104 valence electrons. The van der Waals surface area contributed by atoms with Crippen LogP contribution in [0.15, 0.2) is 24.3 Å². The highest BCUT2D eigenvalue weighted by Gasteiger charge is 2.21. The molecule has 1 aromatic rings. The first-order valence-electron chi connectivity index (χ1n) is 6.77. The molecule has 0 aliphatic carbocycles. The second-order valence-corrected chi connectivity index (χ2v) is 4.93. The Morgan fingerprint density at radius 1 is 1.37 bits per heavy atom. The smallest absolute Gasteiger partial charge is 0.0991 e. The quantitative estimate of drug-likeness (QED) is 0.900. The highest BCUT2D eigenvalue weighted by Crippen LogP contribution is 2.14. The van der Waals surface area contributed by atoms with Gasteiger partial charge in [-0.05, 0) is 43.6 Å². The molecule has 1 N–H and O–H groups in total. The number of nitrogens with one attached hydrogen (secondary N) is 1. The molecule has 1 aliphatic rings. The van der Waals surface area contributed by atoms with Crippen LogP contribution in [0.2, 0.25) is 0 Å². The zero-order chi connectivity index (χ0) is 12.8. The first-order valence-corrected chi connectivity index (χ1v) is 6.77. The summed E-state index contributed by atoms with van der Waals surface area (Å²) >= 11 is 0. The van der Waals surface area contributed by atoms with Crippen molar-refractivity contribution in [2.45, 2.75) is 32.4 Å². The van der Waals surface area contributed by atoms with Gasteiger partial charge in [0.25, 0.3) is 0 Å². The zero-order valence-corrected chi connectivity index (χ0v) is 12.2. The van der Waals surface area contributed by atoms with E-state index in [1.807, 2.05) is 12.1 Å². The predicted octanol–water partition coefficient (Wildman–Crippen LogP) is 2.55. The van der Waals surface area contributed by atoms with Crippen LogP contribution < -0.4 is 5.32 Å². The Balaban J connectivity index is 0.00000180. The third-order valence-corrected chi connectivity index (χ3v) is 3.53. The lowest BCUT2D eigenvalue weighted by molar-refractivity contribution is 0.199. The summed E-state index contributed by atoms with van der Waals surface area (Å²) in [6.45, 7) is 6.61. The lowest BCUT2D eigenvalue weighted by Gasteiger charge is -2.28. The van der Waals surface area contributed by atoms with Gasteiger partial charge in [-0.1, -0.05) is 19.1 Å². The Morgan fingerprint density at radius 2 is 2.11 bits per heavy atom. The molecule has 19 heavy (non-hydrogen) atoms. The van der Waals surface area contributed by atoms with E-state index in [1.54, 1.807) is 0 Å². The normalized spacial score (nSPS) is 18.1. The first kappa shape index (κ1) is 16.0. The minimum atomic E-state index is 0. The van der Waals surface area contributed by atoms with Crippen molar-refractivity contribution >= 4 is 12.4 Å². The van der Waals surface area contributed by atoms with Gasteiger partial charge in [0.1, 0.15) is 0 Å². The van der Waals surface area contributed by atoms with Gasteiger partial charge in [-0.15, -0.1) is 12.4 Å². The molecule has 4 heteroatoms. The van der Waals surface area contributed by atoms with E-state index in [0.717, 1.165) is 31.7 Å². The summed E-state index contributed by atoms with van der Waals surface area (Å²) in [4.78, 5) is 2.56. The Hall–Kier alpha value is -1.08. The predicted molar refractivity (Wildman–Crippen MR) is 80.4 cm³/mol. The molecule has 1 heterocycles. The van der Waals surface area contributed by atoms with E-state index >= 15 is 0 Å². The van der Waals surface area contributed by atoms with Crippen LogP contribution in [0.3, 0.4) is 0 Å². The summed E-state index contributed by atoms with van der Waals surface area (Å²) in [5, 5.41) is 12.2. The van der Waals surface area contributed by atoms with E-state index in [2.05, 4.69) is 35.3 Å². The fourth-order valence-corrected chi connectivity index (χ4v) is 2.55. The average Bonchev–Trinajstić information content (AvgIpc) is 2.93. The van der Waals surface area contributed by atoms with E-state index < -0.39 is 0 Å². The van der Waals surface area contributed by atoms with E-state index in [-0.39, 0.29) is 12.4 Å². The summed E-state index contributed by atoms with van der Waals surface area (Å²) in [7, 11) is 0. The Kier molecular flexibility index (Phi) is 6.86. The van der Waals surface area contributed by atoms with Gasteiger partial charge in [-0.3, -0.25) is 4.90 Å². The molecule has 0 saturated carbocycles. The van der Waals surface area contributed by atoms with Crippen molar-refractivity contribution in [2.24, 2.45) is 0 Å². The number of hydrogen-bond donors (Lipinski definition) is 1. The van der Waals surface area contributed by atoms with Gasteiger partial charge in [-0.2, -0.15) is 5.26 Å². The van der Waals surface area contributed by atoms with Crippen LogP contribution in [0.25, 0.3) is 0 Å². The molecule has 0 aromatic heterocycles. The summed E-state index contributed by atoms with van der Waals surface area (Å²) in [6.07, 6.45) is 2.43. The largest absolute Gasteiger partial charge is 0.315 e. The van der Waals surface area contributed by atoms with Crippen molar-refractivity contribution < 1.29 is 0 Å². The zero-order valence-electron chi connectivity index (χ0n) is 11.4. The maximum Gasteiger partial charge on any atom is 0.0991 e. The third-order valence-electron chi connectivity index (χ3n) is 3.53. The lowest BCUT2D eigenvalue weighted by Crippen LogP contribution is -2.36. The fraction of sp³-hybridized carbons (Fsp3) is 0.533. The van der Waals surface area contributed by atoms with Gasteiger partial charge in [-0.25, -0.2) is 0 Å². The van der Waals surface area contributed by atoms with Crippen molar-refractivity contribution in [1.82, 2.24) is 10.2 Å². The molecule has 1 unspecified atom stereocenters. The van der Waals surface area contributed by atoms with E-state index in [4.69, 9.17) is 5.26 Å². The number of rotatable bonds is 5. The molecule has 1 aliphatic heterocycles. The Bertz CT molecular complexity index is 404. The van der Waals surface area contributed by atoms with Crippen molar-refractivity contribution in [3.63, 3.8) is 0 Å². The van der Waals surface area contributed by atoms with Gasteiger partial charge in [0.15, 0.2) is 0 Å². The highest BCUT2D eigenvalue weighted by molar-refractivity contribution is 5.85. The minimum absolute atomic E-state index is 0. The van der Waals surface area contributed by atoms with Gasteiger partial charge in [0.2, 0.25) is 0 Å². The summed E-state index contributed by atoms with van der Waals surface area (Å²) in [5.74, 6) is 0. The SMILES string of the molecule is CCCN(Cc1ccc(C#N)cc1)C1CCNC1.Cl. The maximum absolute atomic E-state index is 8.80. The van der Waals surface area contributed by atoms with Gasteiger partial charge < -0.3 is 5.32 Å². The molecule has 1 fully saturated rings. The molecule has 1 atom stereocenters. The van der Waals surface area contributed by atoms with Crippen molar-refractivity contribution in [3.05, 3.63) is 35.4 Å². The molecular weight excluding hydrogens is 258 g/mol. The van der Waals surface area contributed by atoms with E-state index in [1.165, 1.54) is 18.4 Å². The molecule has 0 spiro atoms. The number of benzene rings is 1. The third kappa shape index (κ3) is 4.50. The first-order chi connectivity index (χ1) is 8.83. The van der Waals surface area contributed by atoms with Crippen LogP contribution >= 0.6 is 12.4 Å². The molecule has 1 aromatic carbocycles. The van der Waals surface area contributed by atoms with Crippen LogP contribution in [0.5, 0.6) is 0 Å². The molecule has 0 amide bonds. The monoisotopic (exact) mass is 279 g/mol. The summed E-state index contributed by atoms with van der Waals surface area (Å²) < 4.78 is 0. The summed E-state index contributed by atoms with van der Waals surface area (Å²) in [6, 6.07) is 10.8. The van der Waals surface area contributed by atoms with E-state index in [0.29, 0.717) is 6.04 Å². The fourth-order valence-electron chi connectivity index (χ4n) is 2.55. The number of nitrogens with zero attached hydrogens (tertiary/aromatic N) is 2. The number of hydrogen-bond acceptors (Lipinski definition) is 3. The average molecular weight is 280 g/mol. The van der Waals surface area contributed by atoms with Crippen molar-refractivity contribution in [2.75, 3.05) is 19.6 Å². The van der Waals surface area contributed by atoms with E-state index in [9.17, 15) is 0 Å². The van der Waals surface area contributed by atoms with Gasteiger partial charge in [0.05, 0.1) is 11.6 Å². The van der Waals surface area contributed by atoms with Crippen molar-refractivity contribution in [1.29, 1.82) is 5.26 Å². The molecule has 3 nitrogen and oxygen atoms in total. The van der Waals surface area contributed by atoms with Crippen molar-refractivity contribution in [3.8, 4) is 6.07 Å². The van der Waals surface area contributed by atoms with Crippen LogP contribution in [-0.2, 0) is 6.54 Å². The number of nitriles is 1. The molecule has 0 radical (unpaired) electrons. The summed E-state index contributed by atoms with van der Waals surface area (Å²) in [5.41, 5.74) is 2.04. The van der Waals surface area contributed by atoms with Crippen LogP contribution in [0.1, 0.15) is 30.9 Å². The van der Waals surface area contributed by atoms with Gasteiger partial charge in [0, 0.05) is 19.1 Å². The second-order valence-electron chi connectivity index (χ2n) is 4.93. The highest BCUT2D eigenvalue weighted by atomic mass is 35.5. The minimum Gasteiger partial charge on any atom is -0.315 e. The standard InChI is InChI=1S/C15H21N3.ClH/c1-2-9-18(15-7-8-17-11-15)12-14-5-3-13(10-16)4-6-14;/h3-6,15,17H,2,7-9,11-12H2,1H3;1H. The topological polar surface area (TPSA) is 39.1 Å². The molecular formula is C15H22ClN3. The Labute approximate surface area is 122 Å². The maximum atomic E-state index is 8.80. The molecule has 1 saturated heterocycles. The second kappa shape index (κ2) is 8.16. The van der Waals surface area contributed by atoms with Crippen LogP contribution in [0, 0.1) is 11.3 Å². The number of halogens is 1.